The van der Waals surface area contributed by atoms with E-state index in [1.54, 1.807) is 11.3 Å². The lowest BCUT2D eigenvalue weighted by molar-refractivity contribution is 0.233. The first-order valence-corrected chi connectivity index (χ1v) is 9.20. The Balaban J connectivity index is 1.43. The fraction of sp³-hybridized carbons (Fsp3) is 0.471. The normalized spacial score (nSPS) is 16.9. The van der Waals surface area contributed by atoms with Crippen molar-refractivity contribution in [1.29, 1.82) is 0 Å². The first-order chi connectivity index (χ1) is 11.7. The van der Waals surface area contributed by atoms with Crippen LogP contribution in [0.2, 0.25) is 0 Å². The van der Waals surface area contributed by atoms with E-state index in [0.717, 1.165) is 41.5 Å². The van der Waals surface area contributed by atoms with Gasteiger partial charge < -0.3 is 10.2 Å². The van der Waals surface area contributed by atoms with Gasteiger partial charge in [0.25, 0.3) is 0 Å². The van der Waals surface area contributed by atoms with Gasteiger partial charge in [0.2, 0.25) is 0 Å². The Bertz CT molecular complexity index is 831. The van der Waals surface area contributed by atoms with E-state index >= 15 is 0 Å². The number of nitrogens with zero attached hydrogens (tertiary/aromatic N) is 5. The predicted octanol–water partition coefficient (Wildman–Crippen LogP) is 2.37. The molecule has 1 N–H and O–H groups in total. The lowest BCUT2D eigenvalue weighted by Crippen LogP contribution is -2.40. The van der Waals surface area contributed by atoms with Gasteiger partial charge in [-0.25, -0.2) is 9.67 Å². The standard InChI is InChI=1S/C17H22N6S/c1-12-19-16-9-15(3-4-17(16)24-12)23-11-14(20-21-23)10-18-13-5-7-22(2)8-6-13/h3-4,9,11,13,18H,5-8,10H2,1-2H3. The molecule has 1 aliphatic rings. The maximum atomic E-state index is 4.55. The molecule has 7 heteroatoms. The molecular formula is C17H22N6S. The molecule has 0 atom stereocenters. The minimum atomic E-state index is 0.584. The van der Waals surface area contributed by atoms with Gasteiger partial charge in [0.15, 0.2) is 0 Å². The molecule has 126 valence electrons. The number of hydrogen-bond acceptors (Lipinski definition) is 6. The average Bonchev–Trinajstić information content (AvgIpc) is 3.19. The summed E-state index contributed by atoms with van der Waals surface area (Å²) in [5.74, 6) is 0. The smallest absolute Gasteiger partial charge is 0.0969 e. The van der Waals surface area contributed by atoms with Crippen LogP contribution >= 0.6 is 11.3 Å². The van der Waals surface area contributed by atoms with Crippen molar-refractivity contribution in [2.75, 3.05) is 20.1 Å². The van der Waals surface area contributed by atoms with Crippen molar-refractivity contribution in [3.63, 3.8) is 0 Å². The highest BCUT2D eigenvalue weighted by Gasteiger charge is 2.16. The van der Waals surface area contributed by atoms with Gasteiger partial charge in [0.1, 0.15) is 0 Å². The summed E-state index contributed by atoms with van der Waals surface area (Å²) < 4.78 is 3.04. The Morgan fingerprint density at radius 3 is 2.96 bits per heavy atom. The third-order valence-electron chi connectivity index (χ3n) is 4.57. The molecule has 3 aromatic rings. The van der Waals surface area contributed by atoms with Crippen LogP contribution < -0.4 is 5.32 Å². The Morgan fingerprint density at radius 1 is 1.29 bits per heavy atom. The number of fused-ring (bicyclic) bond motifs is 1. The van der Waals surface area contributed by atoms with Crippen molar-refractivity contribution < 1.29 is 0 Å². The minimum absolute atomic E-state index is 0.584. The lowest BCUT2D eigenvalue weighted by atomic mass is 10.1. The first kappa shape index (κ1) is 15.7. The van der Waals surface area contributed by atoms with Crippen LogP contribution in [-0.4, -0.2) is 51.1 Å². The van der Waals surface area contributed by atoms with E-state index in [0.29, 0.717) is 6.04 Å². The minimum Gasteiger partial charge on any atom is -0.308 e. The number of aryl methyl sites for hydroxylation is 1. The summed E-state index contributed by atoms with van der Waals surface area (Å²) in [4.78, 5) is 6.93. The maximum Gasteiger partial charge on any atom is 0.0969 e. The van der Waals surface area contributed by atoms with Gasteiger partial charge in [-0.15, -0.1) is 16.4 Å². The molecule has 1 saturated heterocycles. The molecule has 0 saturated carbocycles. The molecule has 0 bridgehead atoms. The number of aromatic nitrogens is 4. The van der Waals surface area contributed by atoms with Crippen molar-refractivity contribution in [2.24, 2.45) is 0 Å². The van der Waals surface area contributed by atoms with Gasteiger partial charge in [-0.1, -0.05) is 5.21 Å². The fourth-order valence-electron chi connectivity index (χ4n) is 3.14. The summed E-state index contributed by atoms with van der Waals surface area (Å²) >= 11 is 1.72. The molecule has 4 rings (SSSR count). The van der Waals surface area contributed by atoms with Gasteiger partial charge >= 0.3 is 0 Å². The number of thiazole rings is 1. The van der Waals surface area contributed by atoms with E-state index in [4.69, 9.17) is 0 Å². The molecule has 24 heavy (non-hydrogen) atoms. The van der Waals surface area contributed by atoms with E-state index < -0.39 is 0 Å². The van der Waals surface area contributed by atoms with Crippen LogP contribution in [0.5, 0.6) is 0 Å². The summed E-state index contributed by atoms with van der Waals surface area (Å²) in [5, 5.41) is 13.3. The number of rotatable bonds is 4. The average molecular weight is 342 g/mol. The molecule has 0 spiro atoms. The maximum absolute atomic E-state index is 4.55. The van der Waals surface area contributed by atoms with Crippen molar-refractivity contribution in [1.82, 2.24) is 30.2 Å². The monoisotopic (exact) mass is 342 g/mol. The summed E-state index contributed by atoms with van der Waals surface area (Å²) in [6.45, 7) is 5.13. The molecule has 1 fully saturated rings. The number of likely N-dealkylation sites (tertiary alicyclic amines) is 1. The topological polar surface area (TPSA) is 58.9 Å². The molecular weight excluding hydrogens is 320 g/mol. The second-order valence-electron chi connectivity index (χ2n) is 6.50. The molecule has 6 nitrogen and oxygen atoms in total. The van der Waals surface area contributed by atoms with Crippen LogP contribution in [0.25, 0.3) is 15.9 Å². The van der Waals surface area contributed by atoms with Crippen molar-refractivity contribution in [3.8, 4) is 5.69 Å². The molecule has 1 aliphatic heterocycles. The van der Waals surface area contributed by atoms with Crippen LogP contribution in [-0.2, 0) is 6.54 Å². The van der Waals surface area contributed by atoms with Crippen LogP contribution in [0, 0.1) is 6.92 Å². The number of benzene rings is 1. The zero-order chi connectivity index (χ0) is 16.5. The summed E-state index contributed by atoms with van der Waals surface area (Å²) in [6.07, 6.45) is 4.40. The third kappa shape index (κ3) is 3.33. The van der Waals surface area contributed by atoms with E-state index in [-0.39, 0.29) is 0 Å². The SMILES string of the molecule is Cc1nc2cc(-n3cc(CNC4CCN(C)CC4)nn3)ccc2s1. The molecule has 3 heterocycles. The van der Waals surface area contributed by atoms with Crippen molar-refractivity contribution in [3.05, 3.63) is 35.1 Å². The van der Waals surface area contributed by atoms with Crippen LogP contribution in [0.4, 0.5) is 0 Å². The Kier molecular flexibility index (Phi) is 4.30. The Morgan fingerprint density at radius 2 is 2.12 bits per heavy atom. The van der Waals surface area contributed by atoms with E-state index in [1.165, 1.54) is 17.5 Å². The van der Waals surface area contributed by atoms with Gasteiger partial charge in [-0.05, 0) is 58.1 Å². The second kappa shape index (κ2) is 6.58. The van der Waals surface area contributed by atoms with Gasteiger partial charge in [0, 0.05) is 12.6 Å². The zero-order valence-electron chi connectivity index (χ0n) is 14.1. The van der Waals surface area contributed by atoms with Crippen molar-refractivity contribution >= 4 is 21.6 Å². The Labute approximate surface area is 145 Å². The Hall–Kier alpha value is -1.83. The van der Waals surface area contributed by atoms with Crippen LogP contribution in [0.3, 0.4) is 0 Å². The van der Waals surface area contributed by atoms with Gasteiger partial charge in [0.05, 0.1) is 32.8 Å². The second-order valence-corrected chi connectivity index (χ2v) is 7.73. The summed E-state index contributed by atoms with van der Waals surface area (Å²) in [6, 6.07) is 6.83. The highest BCUT2D eigenvalue weighted by Crippen LogP contribution is 2.23. The summed E-state index contributed by atoms with van der Waals surface area (Å²) in [5.41, 5.74) is 3.01. The molecule has 0 unspecified atom stereocenters. The molecule has 1 aromatic carbocycles. The number of hydrogen-bond donors (Lipinski definition) is 1. The van der Waals surface area contributed by atoms with Crippen LogP contribution in [0.1, 0.15) is 23.5 Å². The van der Waals surface area contributed by atoms with E-state index in [1.807, 2.05) is 17.8 Å². The summed E-state index contributed by atoms with van der Waals surface area (Å²) in [7, 11) is 2.18. The first-order valence-electron chi connectivity index (χ1n) is 8.38. The van der Waals surface area contributed by atoms with Gasteiger partial charge in [-0.3, -0.25) is 0 Å². The van der Waals surface area contributed by atoms with Crippen molar-refractivity contribution in [2.45, 2.75) is 32.4 Å². The molecule has 0 aliphatic carbocycles. The highest BCUT2D eigenvalue weighted by atomic mass is 32.1. The highest BCUT2D eigenvalue weighted by molar-refractivity contribution is 7.18. The molecule has 2 aromatic heterocycles. The predicted molar refractivity (Wildman–Crippen MR) is 96.6 cm³/mol. The van der Waals surface area contributed by atoms with Gasteiger partial charge in [-0.2, -0.15) is 0 Å². The number of nitrogens with one attached hydrogen (secondary N) is 1. The quantitative estimate of drug-likeness (QED) is 0.789. The van der Waals surface area contributed by atoms with E-state index in [2.05, 4.69) is 50.8 Å². The van der Waals surface area contributed by atoms with Crippen LogP contribution in [0.15, 0.2) is 24.4 Å². The molecule has 0 amide bonds. The third-order valence-corrected chi connectivity index (χ3v) is 5.53. The number of piperidine rings is 1. The van der Waals surface area contributed by atoms with E-state index in [9.17, 15) is 0 Å². The largest absolute Gasteiger partial charge is 0.308 e. The lowest BCUT2D eigenvalue weighted by Gasteiger charge is -2.29. The zero-order valence-corrected chi connectivity index (χ0v) is 14.9. The molecule has 0 radical (unpaired) electrons. The fourth-order valence-corrected chi connectivity index (χ4v) is 3.95.